The number of hydrogen-bond acceptors (Lipinski definition) is 7. The van der Waals surface area contributed by atoms with E-state index in [1.54, 1.807) is 18.3 Å². The molecule has 1 atom stereocenters. The lowest BCUT2D eigenvalue weighted by atomic mass is 9.97. The smallest absolute Gasteiger partial charge is 0.176 e. The lowest BCUT2D eigenvalue weighted by Crippen LogP contribution is -2.58. The van der Waals surface area contributed by atoms with Gasteiger partial charge >= 0.3 is 0 Å². The number of amidine groups is 1. The number of ether oxygens (including phenoxy) is 2. The molecule has 41 heavy (non-hydrogen) atoms. The number of piperazine rings is 1. The van der Waals surface area contributed by atoms with Crippen LogP contribution in [0.2, 0.25) is 10.0 Å². The average Bonchev–Trinajstić information content (AvgIpc) is 2.97. The molecule has 0 bridgehead atoms. The first kappa shape index (κ1) is 31.9. The van der Waals surface area contributed by atoms with E-state index >= 15 is 0 Å². The molecule has 0 amide bonds. The Hall–Kier alpha value is -2.01. The summed E-state index contributed by atoms with van der Waals surface area (Å²) in [5, 5.41) is 1.00. The summed E-state index contributed by atoms with van der Waals surface area (Å²) < 4.78 is 25.4. The van der Waals surface area contributed by atoms with Gasteiger partial charge in [0.2, 0.25) is 0 Å². The Morgan fingerprint density at radius 2 is 1.83 bits per heavy atom. The number of pyridine rings is 1. The largest absolute Gasteiger partial charge is 0.383 e. The third-order valence-corrected chi connectivity index (χ3v) is 8.48. The highest BCUT2D eigenvalue weighted by atomic mass is 35.5. The Bertz CT molecular complexity index is 1160. The summed E-state index contributed by atoms with van der Waals surface area (Å²) in [6.45, 7) is 12.7. The Kier molecular flexibility index (Phi) is 12.0. The molecule has 2 saturated heterocycles. The molecule has 0 radical (unpaired) electrons. The van der Waals surface area contributed by atoms with Crippen molar-refractivity contribution < 1.29 is 13.9 Å². The topological polar surface area (TPSA) is 79.5 Å². The van der Waals surface area contributed by atoms with Gasteiger partial charge in [-0.15, -0.1) is 0 Å². The van der Waals surface area contributed by atoms with Crippen LogP contribution in [0.1, 0.15) is 51.2 Å². The third-order valence-electron chi connectivity index (χ3n) is 7.97. The van der Waals surface area contributed by atoms with Crippen LogP contribution in [0.25, 0.3) is 0 Å². The van der Waals surface area contributed by atoms with Crippen molar-refractivity contribution in [2.75, 3.05) is 57.4 Å². The van der Waals surface area contributed by atoms with Crippen molar-refractivity contribution in [2.45, 2.75) is 65.0 Å². The number of halogens is 3. The van der Waals surface area contributed by atoms with Crippen LogP contribution >= 0.6 is 23.2 Å². The molecule has 4 rings (SSSR count). The Morgan fingerprint density at radius 3 is 2.46 bits per heavy atom. The van der Waals surface area contributed by atoms with E-state index in [0.29, 0.717) is 65.4 Å². The zero-order chi connectivity index (χ0) is 29.4. The first-order chi connectivity index (χ1) is 19.8. The van der Waals surface area contributed by atoms with Crippen LogP contribution in [0.3, 0.4) is 0 Å². The summed E-state index contributed by atoms with van der Waals surface area (Å²) in [6, 6.07) is 7.72. The highest BCUT2D eigenvalue weighted by Gasteiger charge is 2.34. The van der Waals surface area contributed by atoms with Crippen LogP contribution < -0.4 is 10.6 Å². The van der Waals surface area contributed by atoms with Gasteiger partial charge in [-0.05, 0) is 64.4 Å². The summed E-state index contributed by atoms with van der Waals surface area (Å²) in [7, 11) is 0. The van der Waals surface area contributed by atoms with Crippen LogP contribution in [-0.2, 0) is 16.0 Å². The SMILES string of the molecule is CCOC(CN=C(N)c1cnc(N2CCN(C3CCN(Cc4ccc(Cl)cc4F)CC3)[C@@H](CC)C2)c(Cl)c1)OCC. The van der Waals surface area contributed by atoms with Crippen molar-refractivity contribution in [2.24, 2.45) is 10.7 Å². The maximum Gasteiger partial charge on any atom is 0.176 e. The number of benzene rings is 1. The van der Waals surface area contributed by atoms with Gasteiger partial charge in [0.1, 0.15) is 17.5 Å². The molecular formula is C30H43Cl2FN6O2. The van der Waals surface area contributed by atoms with Gasteiger partial charge in [0.25, 0.3) is 0 Å². The van der Waals surface area contributed by atoms with E-state index in [1.807, 2.05) is 19.9 Å². The van der Waals surface area contributed by atoms with Crippen LogP contribution in [0.15, 0.2) is 35.5 Å². The lowest BCUT2D eigenvalue weighted by Gasteiger charge is -2.47. The summed E-state index contributed by atoms with van der Waals surface area (Å²) in [4.78, 5) is 16.4. The number of aromatic nitrogens is 1. The molecule has 3 heterocycles. The van der Waals surface area contributed by atoms with Gasteiger partial charge < -0.3 is 20.1 Å². The van der Waals surface area contributed by atoms with E-state index in [0.717, 1.165) is 57.8 Å². The zero-order valence-electron chi connectivity index (χ0n) is 24.4. The Labute approximate surface area is 253 Å². The second-order valence-electron chi connectivity index (χ2n) is 10.6. The predicted octanol–water partition coefficient (Wildman–Crippen LogP) is 5.20. The molecule has 2 N–H and O–H groups in total. The average molecular weight is 610 g/mol. The molecule has 0 spiro atoms. The van der Waals surface area contributed by atoms with Crippen molar-refractivity contribution in [3.63, 3.8) is 0 Å². The third kappa shape index (κ3) is 8.52. The zero-order valence-corrected chi connectivity index (χ0v) is 25.9. The van der Waals surface area contributed by atoms with E-state index in [-0.39, 0.29) is 5.82 Å². The van der Waals surface area contributed by atoms with Crippen molar-refractivity contribution >= 4 is 34.9 Å². The Morgan fingerprint density at radius 1 is 1.10 bits per heavy atom. The molecule has 0 unspecified atom stereocenters. The summed E-state index contributed by atoms with van der Waals surface area (Å²) in [5.41, 5.74) is 7.62. The van der Waals surface area contributed by atoms with E-state index in [9.17, 15) is 4.39 Å². The van der Waals surface area contributed by atoms with Crippen LogP contribution in [0.4, 0.5) is 10.2 Å². The second-order valence-corrected chi connectivity index (χ2v) is 11.4. The Balaban J connectivity index is 1.32. The minimum absolute atomic E-state index is 0.228. The van der Waals surface area contributed by atoms with Gasteiger partial charge in [-0.25, -0.2) is 9.37 Å². The summed E-state index contributed by atoms with van der Waals surface area (Å²) in [6.07, 6.45) is 4.51. The van der Waals surface area contributed by atoms with Gasteiger partial charge in [-0.2, -0.15) is 0 Å². The number of aliphatic imine (C=N–C) groups is 1. The van der Waals surface area contributed by atoms with Crippen molar-refractivity contribution in [1.82, 2.24) is 14.8 Å². The first-order valence-electron chi connectivity index (χ1n) is 14.7. The van der Waals surface area contributed by atoms with Crippen LogP contribution in [-0.4, -0.2) is 91.5 Å². The van der Waals surface area contributed by atoms with Crippen LogP contribution in [0, 0.1) is 5.82 Å². The standard InChI is InChI=1S/C30H43Cl2FN6O2/c1-4-24-20-38(30-26(32)15-22(17-36-30)29(34)35-18-28(40-5-2)41-6-3)13-14-39(24)25-9-11-37(12-10-25)19-21-7-8-23(31)16-27(21)33/h7-8,15-17,24-25,28H,4-6,9-14,18-20H2,1-3H3,(H2,34,35)/t24-/m0/s1. The molecule has 0 aliphatic carbocycles. The van der Waals surface area contributed by atoms with Gasteiger partial charge in [0, 0.05) is 73.8 Å². The number of hydrogen-bond donors (Lipinski definition) is 1. The van der Waals surface area contributed by atoms with Gasteiger partial charge in [-0.1, -0.05) is 36.2 Å². The molecule has 11 heteroatoms. The maximum atomic E-state index is 14.3. The molecular weight excluding hydrogens is 566 g/mol. The highest BCUT2D eigenvalue weighted by molar-refractivity contribution is 6.33. The fourth-order valence-corrected chi connectivity index (χ4v) is 6.24. The molecule has 2 aromatic rings. The van der Waals surface area contributed by atoms with Gasteiger partial charge in [0.05, 0.1) is 11.6 Å². The predicted molar refractivity (Wildman–Crippen MR) is 165 cm³/mol. The monoisotopic (exact) mass is 608 g/mol. The van der Waals surface area contributed by atoms with Crippen molar-refractivity contribution in [3.05, 3.63) is 57.5 Å². The van der Waals surface area contributed by atoms with E-state index in [4.69, 9.17) is 43.4 Å². The second kappa shape index (κ2) is 15.5. The van der Waals surface area contributed by atoms with Gasteiger partial charge in [0.15, 0.2) is 6.29 Å². The van der Waals surface area contributed by atoms with Gasteiger partial charge in [-0.3, -0.25) is 14.8 Å². The normalized spacial score (nSPS) is 19.8. The van der Waals surface area contributed by atoms with Crippen molar-refractivity contribution in [1.29, 1.82) is 0 Å². The number of likely N-dealkylation sites (tertiary alicyclic amines) is 1. The minimum atomic E-state index is -0.424. The number of nitrogens with zero attached hydrogens (tertiary/aromatic N) is 5. The number of rotatable bonds is 12. The molecule has 1 aromatic heterocycles. The fourth-order valence-electron chi connectivity index (χ4n) is 5.80. The minimum Gasteiger partial charge on any atom is -0.383 e. The van der Waals surface area contributed by atoms with Crippen LogP contribution in [0.5, 0.6) is 0 Å². The number of piperidine rings is 1. The molecule has 8 nitrogen and oxygen atoms in total. The number of anilines is 1. The van der Waals surface area contributed by atoms with Crippen molar-refractivity contribution in [3.8, 4) is 0 Å². The quantitative estimate of drug-likeness (QED) is 0.202. The molecule has 2 aliphatic rings. The number of nitrogens with two attached hydrogens (primary N) is 1. The van der Waals surface area contributed by atoms with E-state index < -0.39 is 6.29 Å². The first-order valence-corrected chi connectivity index (χ1v) is 15.4. The molecule has 2 aliphatic heterocycles. The maximum absolute atomic E-state index is 14.3. The molecule has 0 saturated carbocycles. The van der Waals surface area contributed by atoms with E-state index in [1.165, 1.54) is 6.07 Å². The lowest BCUT2D eigenvalue weighted by molar-refractivity contribution is -0.128. The molecule has 2 fully saturated rings. The van der Waals surface area contributed by atoms with E-state index in [2.05, 4.69) is 26.6 Å². The summed E-state index contributed by atoms with van der Waals surface area (Å²) >= 11 is 12.6. The highest BCUT2D eigenvalue weighted by Crippen LogP contribution is 2.30. The fraction of sp³-hybridized carbons (Fsp3) is 0.600. The molecule has 1 aromatic carbocycles. The summed E-state index contributed by atoms with van der Waals surface area (Å²) in [5.74, 6) is 0.910. The molecule has 226 valence electrons.